The molecule has 0 saturated carbocycles. The first-order chi connectivity index (χ1) is 11.9. The van der Waals surface area contributed by atoms with Gasteiger partial charge in [0.05, 0.1) is 7.11 Å². The lowest BCUT2D eigenvalue weighted by molar-refractivity contribution is 0.402. The highest BCUT2D eigenvalue weighted by Crippen LogP contribution is 2.28. The van der Waals surface area contributed by atoms with E-state index in [-0.39, 0.29) is 10.9 Å². The van der Waals surface area contributed by atoms with Gasteiger partial charge < -0.3 is 15.0 Å². The van der Waals surface area contributed by atoms with Crippen molar-refractivity contribution in [3.63, 3.8) is 0 Å². The van der Waals surface area contributed by atoms with Gasteiger partial charge in [0.15, 0.2) is 6.19 Å². The Bertz CT molecular complexity index is 728. The van der Waals surface area contributed by atoms with Crippen LogP contribution in [0.4, 0.5) is 5.69 Å². The molecule has 1 aliphatic rings. The molecule has 0 aromatic heterocycles. The predicted molar refractivity (Wildman–Crippen MR) is 96.9 cm³/mol. The lowest BCUT2D eigenvalue weighted by Crippen LogP contribution is -2.36. The molecule has 1 heterocycles. The number of sulfonamides is 1. The third-order valence-electron chi connectivity index (χ3n) is 4.16. The molecule has 0 radical (unpaired) electrons. The Morgan fingerprint density at radius 1 is 1.44 bits per heavy atom. The largest absolute Gasteiger partial charge is 0.495 e. The van der Waals surface area contributed by atoms with Gasteiger partial charge in [0.2, 0.25) is 10.0 Å². The van der Waals surface area contributed by atoms with Crippen molar-refractivity contribution in [1.82, 2.24) is 9.62 Å². The molecule has 0 spiro atoms. The first-order valence-corrected chi connectivity index (χ1v) is 9.93. The summed E-state index contributed by atoms with van der Waals surface area (Å²) in [5.41, 5.74) is 0.742. The SMILES string of the molecule is COc1ccc(NCCC(C)C)cc1S(=O)(=O)NC1CCN(C#N)C1. The second kappa shape index (κ2) is 8.41. The van der Waals surface area contributed by atoms with Crippen LogP contribution in [0.3, 0.4) is 0 Å². The average Bonchev–Trinajstić information content (AvgIpc) is 3.01. The van der Waals surface area contributed by atoms with Gasteiger partial charge in [-0.25, -0.2) is 13.1 Å². The summed E-state index contributed by atoms with van der Waals surface area (Å²) in [6.07, 6.45) is 3.66. The third-order valence-corrected chi connectivity index (χ3v) is 5.70. The van der Waals surface area contributed by atoms with E-state index in [1.54, 1.807) is 17.0 Å². The molecule has 1 unspecified atom stereocenters. The maximum absolute atomic E-state index is 12.8. The molecule has 1 aliphatic heterocycles. The first-order valence-electron chi connectivity index (χ1n) is 8.44. The van der Waals surface area contributed by atoms with Crippen molar-refractivity contribution < 1.29 is 13.2 Å². The van der Waals surface area contributed by atoms with E-state index in [0.717, 1.165) is 18.7 Å². The normalized spacial score (nSPS) is 17.6. The maximum Gasteiger partial charge on any atom is 0.244 e. The summed E-state index contributed by atoms with van der Waals surface area (Å²) in [6.45, 7) is 6.02. The van der Waals surface area contributed by atoms with Crippen LogP contribution in [-0.2, 0) is 10.0 Å². The molecule has 7 nitrogen and oxygen atoms in total. The summed E-state index contributed by atoms with van der Waals surface area (Å²) in [5.74, 6) is 0.873. The van der Waals surface area contributed by atoms with Gasteiger partial charge in [-0.15, -0.1) is 0 Å². The minimum atomic E-state index is -3.73. The van der Waals surface area contributed by atoms with Crippen LogP contribution in [0.2, 0.25) is 0 Å². The van der Waals surface area contributed by atoms with E-state index in [1.807, 2.05) is 12.3 Å². The Kier molecular flexibility index (Phi) is 6.51. The second-order valence-corrected chi connectivity index (χ2v) is 8.31. The fourth-order valence-electron chi connectivity index (χ4n) is 2.73. The number of benzene rings is 1. The summed E-state index contributed by atoms with van der Waals surface area (Å²) in [6, 6.07) is 4.79. The summed E-state index contributed by atoms with van der Waals surface area (Å²) in [4.78, 5) is 1.66. The molecule has 25 heavy (non-hydrogen) atoms. The second-order valence-electron chi connectivity index (χ2n) is 6.63. The van der Waals surface area contributed by atoms with E-state index in [9.17, 15) is 8.42 Å². The number of hydrogen-bond acceptors (Lipinski definition) is 6. The monoisotopic (exact) mass is 366 g/mol. The van der Waals surface area contributed by atoms with E-state index in [4.69, 9.17) is 10.00 Å². The molecule has 2 rings (SSSR count). The summed E-state index contributed by atoms with van der Waals surface area (Å²) in [5, 5.41) is 12.2. The molecule has 1 fully saturated rings. The minimum Gasteiger partial charge on any atom is -0.495 e. The van der Waals surface area contributed by atoms with E-state index in [1.165, 1.54) is 7.11 Å². The molecule has 138 valence electrons. The van der Waals surface area contributed by atoms with Gasteiger partial charge in [-0.2, -0.15) is 5.26 Å². The van der Waals surface area contributed by atoms with Crippen molar-refractivity contribution in [3.05, 3.63) is 18.2 Å². The molecule has 1 atom stereocenters. The van der Waals surface area contributed by atoms with Crippen LogP contribution in [-0.4, -0.2) is 46.1 Å². The highest BCUT2D eigenvalue weighted by atomic mass is 32.2. The van der Waals surface area contributed by atoms with Crippen molar-refractivity contribution in [2.75, 3.05) is 32.1 Å². The van der Waals surface area contributed by atoms with Gasteiger partial charge in [-0.05, 0) is 37.0 Å². The van der Waals surface area contributed by atoms with Crippen LogP contribution < -0.4 is 14.8 Å². The zero-order chi connectivity index (χ0) is 18.4. The molecule has 0 amide bonds. The van der Waals surface area contributed by atoms with E-state index >= 15 is 0 Å². The molecule has 1 saturated heterocycles. The Labute approximate surface area is 150 Å². The number of hydrogen-bond donors (Lipinski definition) is 2. The zero-order valence-electron chi connectivity index (χ0n) is 14.9. The van der Waals surface area contributed by atoms with Crippen LogP contribution in [0.5, 0.6) is 5.75 Å². The molecular weight excluding hydrogens is 340 g/mol. The number of likely N-dealkylation sites (tertiary alicyclic amines) is 1. The highest BCUT2D eigenvalue weighted by molar-refractivity contribution is 7.89. The number of methoxy groups -OCH3 is 1. The quantitative estimate of drug-likeness (QED) is 0.683. The summed E-state index contributed by atoms with van der Waals surface area (Å²) >= 11 is 0. The van der Waals surface area contributed by atoms with Crippen molar-refractivity contribution >= 4 is 15.7 Å². The topological polar surface area (TPSA) is 94.5 Å². The van der Waals surface area contributed by atoms with Gasteiger partial charge in [0.1, 0.15) is 10.6 Å². The number of anilines is 1. The minimum absolute atomic E-state index is 0.111. The number of nitriles is 1. The fourth-order valence-corrected chi connectivity index (χ4v) is 4.19. The number of ether oxygens (including phenoxy) is 1. The van der Waals surface area contributed by atoms with Gasteiger partial charge in [0, 0.05) is 31.4 Å². The Morgan fingerprint density at radius 3 is 2.80 bits per heavy atom. The molecular formula is C17H26N4O3S. The number of nitrogens with zero attached hydrogens (tertiary/aromatic N) is 2. The molecule has 8 heteroatoms. The van der Waals surface area contributed by atoms with Gasteiger partial charge >= 0.3 is 0 Å². The van der Waals surface area contributed by atoms with Crippen LogP contribution in [0.1, 0.15) is 26.7 Å². The van der Waals surface area contributed by atoms with E-state index in [0.29, 0.717) is 31.2 Å². The summed E-state index contributed by atoms with van der Waals surface area (Å²) < 4.78 is 33.5. The van der Waals surface area contributed by atoms with Gasteiger partial charge in [-0.3, -0.25) is 0 Å². The van der Waals surface area contributed by atoms with E-state index < -0.39 is 10.0 Å². The van der Waals surface area contributed by atoms with Crippen molar-refractivity contribution in [2.45, 2.75) is 37.6 Å². The predicted octanol–water partition coefficient (Wildman–Crippen LogP) is 1.99. The van der Waals surface area contributed by atoms with Gasteiger partial charge in [0.25, 0.3) is 0 Å². The molecule has 0 bridgehead atoms. The van der Waals surface area contributed by atoms with Gasteiger partial charge in [-0.1, -0.05) is 13.8 Å². The first kappa shape index (κ1) is 19.3. The van der Waals surface area contributed by atoms with Crippen LogP contribution >= 0.6 is 0 Å². The van der Waals surface area contributed by atoms with Crippen molar-refractivity contribution in [3.8, 4) is 11.9 Å². The van der Waals surface area contributed by atoms with Crippen LogP contribution in [0.15, 0.2) is 23.1 Å². The van der Waals surface area contributed by atoms with E-state index in [2.05, 4.69) is 23.9 Å². The maximum atomic E-state index is 12.8. The highest BCUT2D eigenvalue weighted by Gasteiger charge is 2.28. The third kappa shape index (κ3) is 5.25. The fraction of sp³-hybridized carbons (Fsp3) is 0.588. The molecule has 1 aromatic carbocycles. The van der Waals surface area contributed by atoms with Crippen molar-refractivity contribution in [1.29, 1.82) is 5.26 Å². The number of nitrogens with one attached hydrogen (secondary N) is 2. The Morgan fingerprint density at radius 2 is 2.20 bits per heavy atom. The summed E-state index contributed by atoms with van der Waals surface area (Å²) in [7, 11) is -2.28. The standard InChI is InChI=1S/C17H26N4O3S/c1-13(2)6-8-19-14-4-5-16(24-3)17(10-14)25(22,23)20-15-7-9-21(11-15)12-18/h4-5,10,13,15,19-20H,6-9,11H2,1-3H3. The van der Waals surface area contributed by atoms with Crippen molar-refractivity contribution in [2.24, 2.45) is 5.92 Å². The lowest BCUT2D eigenvalue weighted by atomic mass is 10.1. The van der Waals surface area contributed by atoms with Crippen LogP contribution in [0.25, 0.3) is 0 Å². The molecule has 0 aliphatic carbocycles. The molecule has 1 aromatic rings. The average molecular weight is 366 g/mol. The smallest absolute Gasteiger partial charge is 0.244 e. The van der Waals surface area contributed by atoms with Crippen LogP contribution in [0, 0.1) is 17.4 Å². The Balaban J connectivity index is 2.15. The Hall–Kier alpha value is -1.98. The lowest BCUT2D eigenvalue weighted by Gasteiger charge is -2.16. The zero-order valence-corrected chi connectivity index (χ0v) is 15.8. The number of rotatable bonds is 8. The molecule has 2 N–H and O–H groups in total.